The second-order valence-corrected chi connectivity index (χ2v) is 2.89. The molecule has 13 heavy (non-hydrogen) atoms. The van der Waals surface area contributed by atoms with Crippen molar-refractivity contribution >= 4 is 5.69 Å². The van der Waals surface area contributed by atoms with Crippen molar-refractivity contribution in [2.45, 2.75) is 6.42 Å². The van der Waals surface area contributed by atoms with Crippen LogP contribution in [0.3, 0.4) is 0 Å². The molecule has 0 heterocycles. The van der Waals surface area contributed by atoms with Gasteiger partial charge in [-0.15, -0.1) is 0 Å². The first kappa shape index (κ1) is 10.0. The molecule has 4 N–H and O–H groups in total. The van der Waals surface area contributed by atoms with Gasteiger partial charge >= 0.3 is 0 Å². The fraction of sp³-hybridized carbons (Fsp3) is 0.400. The van der Waals surface area contributed by atoms with Crippen molar-refractivity contribution in [1.29, 1.82) is 0 Å². The maximum Gasteiger partial charge on any atom is 0.0588 e. The Kier molecular flexibility index (Phi) is 4.29. The first-order chi connectivity index (χ1) is 6.33. The molecule has 0 saturated heterocycles. The van der Waals surface area contributed by atoms with Gasteiger partial charge in [0.1, 0.15) is 0 Å². The normalized spacial score (nSPS) is 10.2. The molecule has 0 saturated carbocycles. The highest BCUT2D eigenvalue weighted by Crippen LogP contribution is 2.05. The van der Waals surface area contributed by atoms with E-state index in [0.717, 1.165) is 18.7 Å². The number of nitrogen functional groups attached to an aromatic ring is 1. The molecule has 0 spiro atoms. The average molecular weight is 180 g/mol. The zero-order valence-corrected chi connectivity index (χ0v) is 7.70. The lowest BCUT2D eigenvalue weighted by atomic mass is 10.1. The molecule has 0 amide bonds. The van der Waals surface area contributed by atoms with Crippen molar-refractivity contribution in [3.8, 4) is 0 Å². The fourth-order valence-corrected chi connectivity index (χ4v) is 1.06. The maximum absolute atomic E-state index is 5.56. The van der Waals surface area contributed by atoms with E-state index in [1.165, 1.54) is 5.56 Å². The summed E-state index contributed by atoms with van der Waals surface area (Å²) in [6.45, 7) is 1.94. The van der Waals surface area contributed by atoms with Crippen LogP contribution in [0.15, 0.2) is 24.3 Å². The van der Waals surface area contributed by atoms with E-state index in [1.807, 2.05) is 24.3 Å². The van der Waals surface area contributed by atoms with E-state index in [4.69, 9.17) is 16.2 Å². The highest BCUT2D eigenvalue weighted by atomic mass is 16.5. The molecule has 0 unspecified atom stereocenters. The number of hydrogen-bond donors (Lipinski definition) is 2. The van der Waals surface area contributed by atoms with Crippen molar-refractivity contribution in [3.63, 3.8) is 0 Å². The molecule has 1 aromatic carbocycles. The summed E-state index contributed by atoms with van der Waals surface area (Å²) in [5.74, 6) is 0. The van der Waals surface area contributed by atoms with Crippen molar-refractivity contribution < 1.29 is 4.74 Å². The number of benzene rings is 1. The molecule has 1 aromatic rings. The predicted molar refractivity (Wildman–Crippen MR) is 54.4 cm³/mol. The maximum atomic E-state index is 5.56. The number of hydrogen-bond acceptors (Lipinski definition) is 3. The summed E-state index contributed by atoms with van der Waals surface area (Å²) in [6.07, 6.45) is 0.917. The summed E-state index contributed by atoms with van der Waals surface area (Å²) < 4.78 is 5.26. The van der Waals surface area contributed by atoms with Gasteiger partial charge in [-0.3, -0.25) is 0 Å². The lowest BCUT2D eigenvalue weighted by Gasteiger charge is -2.02. The molecule has 0 radical (unpaired) electrons. The molecule has 72 valence electrons. The molecular weight excluding hydrogens is 164 g/mol. The van der Waals surface area contributed by atoms with Crippen LogP contribution in [-0.2, 0) is 11.2 Å². The van der Waals surface area contributed by atoms with Crippen LogP contribution in [-0.4, -0.2) is 19.8 Å². The smallest absolute Gasteiger partial charge is 0.0588 e. The third-order valence-electron chi connectivity index (χ3n) is 1.78. The van der Waals surface area contributed by atoms with Crippen LogP contribution in [0.1, 0.15) is 5.56 Å². The molecule has 1 rings (SSSR count). The van der Waals surface area contributed by atoms with E-state index in [1.54, 1.807) is 0 Å². The van der Waals surface area contributed by atoms with E-state index in [0.29, 0.717) is 13.2 Å². The quantitative estimate of drug-likeness (QED) is 0.520. The Labute approximate surface area is 78.7 Å². The molecular formula is C10H16N2O. The van der Waals surface area contributed by atoms with Gasteiger partial charge < -0.3 is 16.2 Å². The highest BCUT2D eigenvalue weighted by Gasteiger charge is 1.92. The van der Waals surface area contributed by atoms with Crippen LogP contribution < -0.4 is 11.5 Å². The van der Waals surface area contributed by atoms with Gasteiger partial charge in [0.2, 0.25) is 0 Å². The van der Waals surface area contributed by atoms with Gasteiger partial charge in [0.25, 0.3) is 0 Å². The molecule has 3 heteroatoms. The van der Waals surface area contributed by atoms with Gasteiger partial charge in [-0.25, -0.2) is 0 Å². The SMILES string of the molecule is NCCOCCc1ccc(N)cc1. The van der Waals surface area contributed by atoms with Crippen LogP contribution in [0.5, 0.6) is 0 Å². The first-order valence-corrected chi connectivity index (χ1v) is 4.45. The van der Waals surface area contributed by atoms with Gasteiger partial charge in [-0.2, -0.15) is 0 Å². The topological polar surface area (TPSA) is 61.3 Å². The van der Waals surface area contributed by atoms with E-state index in [2.05, 4.69) is 0 Å². The molecule has 3 nitrogen and oxygen atoms in total. The Morgan fingerprint density at radius 1 is 1.08 bits per heavy atom. The van der Waals surface area contributed by atoms with Crippen LogP contribution in [0, 0.1) is 0 Å². The second-order valence-electron chi connectivity index (χ2n) is 2.89. The minimum Gasteiger partial charge on any atom is -0.399 e. The lowest BCUT2D eigenvalue weighted by Crippen LogP contribution is -2.10. The van der Waals surface area contributed by atoms with Crippen LogP contribution in [0.2, 0.25) is 0 Å². The zero-order valence-electron chi connectivity index (χ0n) is 7.70. The summed E-state index contributed by atoms with van der Waals surface area (Å²) in [4.78, 5) is 0. The predicted octanol–water partition coefficient (Wildman–Crippen LogP) is 0.787. The van der Waals surface area contributed by atoms with Crippen LogP contribution in [0.25, 0.3) is 0 Å². The molecule has 0 aromatic heterocycles. The third kappa shape index (κ3) is 3.92. The van der Waals surface area contributed by atoms with E-state index in [9.17, 15) is 0 Å². The lowest BCUT2D eigenvalue weighted by molar-refractivity contribution is 0.145. The van der Waals surface area contributed by atoms with Crippen molar-refractivity contribution in [3.05, 3.63) is 29.8 Å². The summed E-state index contributed by atoms with van der Waals surface area (Å²) in [5, 5.41) is 0. The summed E-state index contributed by atoms with van der Waals surface area (Å²) in [7, 11) is 0. The van der Waals surface area contributed by atoms with Gasteiger partial charge in [-0.05, 0) is 24.1 Å². The minimum absolute atomic E-state index is 0.585. The largest absolute Gasteiger partial charge is 0.399 e. The number of anilines is 1. The second kappa shape index (κ2) is 5.56. The van der Waals surface area contributed by atoms with E-state index < -0.39 is 0 Å². The molecule has 0 atom stereocenters. The van der Waals surface area contributed by atoms with Gasteiger partial charge in [-0.1, -0.05) is 12.1 Å². The number of nitrogens with two attached hydrogens (primary N) is 2. The summed E-state index contributed by atoms with van der Waals surface area (Å²) in [5.41, 5.74) is 12.9. The highest BCUT2D eigenvalue weighted by molar-refractivity contribution is 5.39. The Balaban J connectivity index is 2.25. The molecule has 0 aliphatic rings. The Morgan fingerprint density at radius 3 is 2.38 bits per heavy atom. The molecule has 0 aliphatic heterocycles. The van der Waals surface area contributed by atoms with Crippen molar-refractivity contribution in [2.75, 3.05) is 25.5 Å². The fourth-order valence-electron chi connectivity index (χ4n) is 1.06. The minimum atomic E-state index is 0.585. The Morgan fingerprint density at radius 2 is 1.77 bits per heavy atom. The summed E-state index contributed by atoms with van der Waals surface area (Å²) in [6, 6.07) is 7.83. The molecule has 0 bridgehead atoms. The van der Waals surface area contributed by atoms with Crippen molar-refractivity contribution in [2.24, 2.45) is 5.73 Å². The van der Waals surface area contributed by atoms with Gasteiger partial charge in [0.05, 0.1) is 13.2 Å². The van der Waals surface area contributed by atoms with Gasteiger partial charge in [0, 0.05) is 12.2 Å². The van der Waals surface area contributed by atoms with Crippen molar-refractivity contribution in [1.82, 2.24) is 0 Å². The third-order valence-corrected chi connectivity index (χ3v) is 1.78. The first-order valence-electron chi connectivity index (χ1n) is 4.45. The van der Waals surface area contributed by atoms with E-state index in [-0.39, 0.29) is 0 Å². The van der Waals surface area contributed by atoms with Crippen LogP contribution >= 0.6 is 0 Å². The average Bonchev–Trinajstić information content (AvgIpc) is 2.15. The Hall–Kier alpha value is -1.06. The van der Waals surface area contributed by atoms with Gasteiger partial charge in [0.15, 0.2) is 0 Å². The number of rotatable bonds is 5. The molecule has 0 fully saturated rings. The standard InChI is InChI=1S/C10H16N2O/c11-6-8-13-7-5-9-1-3-10(12)4-2-9/h1-4H,5-8,11-12H2. The Bertz CT molecular complexity index is 233. The van der Waals surface area contributed by atoms with E-state index >= 15 is 0 Å². The molecule has 0 aliphatic carbocycles. The summed E-state index contributed by atoms with van der Waals surface area (Å²) >= 11 is 0. The monoisotopic (exact) mass is 180 g/mol. The number of ether oxygens (including phenoxy) is 1. The zero-order chi connectivity index (χ0) is 9.52. The van der Waals surface area contributed by atoms with Crippen LogP contribution in [0.4, 0.5) is 5.69 Å².